The largest absolute Gasteiger partial charge is 0.308 e. The third kappa shape index (κ3) is 4.04. The molecule has 1 rings (SSSR count). The molecule has 1 unspecified atom stereocenters. The first kappa shape index (κ1) is 9.43. The maximum Gasteiger partial charge on any atom is 0.0310 e. The van der Waals surface area contributed by atoms with Crippen molar-refractivity contribution in [3.05, 3.63) is 11.6 Å². The monoisotopic (exact) mass is 191 g/mol. The van der Waals surface area contributed by atoms with Crippen LogP contribution >= 0.6 is 23.4 Å². The van der Waals surface area contributed by atoms with Crippen LogP contribution in [0.4, 0.5) is 0 Å². The fourth-order valence-corrected chi connectivity index (χ4v) is 2.34. The van der Waals surface area contributed by atoms with E-state index in [1.54, 1.807) is 0 Å². The van der Waals surface area contributed by atoms with Crippen molar-refractivity contribution >= 4 is 23.4 Å². The van der Waals surface area contributed by atoms with Gasteiger partial charge in [-0.2, -0.15) is 11.8 Å². The van der Waals surface area contributed by atoms with E-state index in [9.17, 15) is 0 Å². The van der Waals surface area contributed by atoms with Gasteiger partial charge in [-0.15, -0.1) is 0 Å². The molecule has 0 bridgehead atoms. The van der Waals surface area contributed by atoms with Gasteiger partial charge in [-0.05, 0) is 18.6 Å². The van der Waals surface area contributed by atoms with Crippen LogP contribution in [-0.2, 0) is 0 Å². The first-order valence-corrected chi connectivity index (χ1v) is 5.46. The lowest BCUT2D eigenvalue weighted by Crippen LogP contribution is -2.34. The molecule has 0 aromatic heterocycles. The van der Waals surface area contributed by atoms with Crippen molar-refractivity contribution in [2.24, 2.45) is 0 Å². The van der Waals surface area contributed by atoms with Crippen molar-refractivity contribution in [1.82, 2.24) is 5.32 Å². The predicted octanol–water partition coefficient (Wildman–Crippen LogP) is 2.22. The Balaban J connectivity index is 2.09. The molecule has 0 aromatic rings. The number of hydrogen-bond acceptors (Lipinski definition) is 2. The van der Waals surface area contributed by atoms with Crippen molar-refractivity contribution in [2.45, 2.75) is 18.9 Å². The summed E-state index contributed by atoms with van der Waals surface area (Å²) in [5, 5.41) is 4.08. The second kappa shape index (κ2) is 5.07. The molecule has 0 aromatic carbocycles. The van der Waals surface area contributed by atoms with Crippen molar-refractivity contribution < 1.29 is 0 Å². The first-order chi connectivity index (χ1) is 5.29. The van der Waals surface area contributed by atoms with Crippen molar-refractivity contribution in [2.75, 3.05) is 18.1 Å². The van der Waals surface area contributed by atoms with Gasteiger partial charge in [-0.3, -0.25) is 0 Å². The van der Waals surface area contributed by atoms with E-state index < -0.39 is 0 Å². The van der Waals surface area contributed by atoms with E-state index in [4.69, 9.17) is 11.6 Å². The third-order valence-corrected chi connectivity index (χ3v) is 3.09. The van der Waals surface area contributed by atoms with Crippen LogP contribution < -0.4 is 5.32 Å². The molecule has 3 heteroatoms. The van der Waals surface area contributed by atoms with Crippen LogP contribution in [0.5, 0.6) is 0 Å². The van der Waals surface area contributed by atoms with Crippen LogP contribution in [0.15, 0.2) is 11.6 Å². The van der Waals surface area contributed by atoms with Gasteiger partial charge in [0.15, 0.2) is 0 Å². The molecule has 0 aliphatic carbocycles. The van der Waals surface area contributed by atoms with E-state index >= 15 is 0 Å². The van der Waals surface area contributed by atoms with Crippen LogP contribution in [0.25, 0.3) is 0 Å². The summed E-state index contributed by atoms with van der Waals surface area (Å²) in [6.45, 7) is 4.39. The Morgan fingerprint density at radius 3 is 3.09 bits per heavy atom. The van der Waals surface area contributed by atoms with E-state index in [-0.39, 0.29) is 0 Å². The zero-order chi connectivity index (χ0) is 8.10. The lowest BCUT2D eigenvalue weighted by atomic mass is 10.2. The van der Waals surface area contributed by atoms with Crippen LogP contribution in [0.2, 0.25) is 0 Å². The zero-order valence-electron chi connectivity index (χ0n) is 6.61. The molecule has 1 heterocycles. The maximum absolute atomic E-state index is 5.63. The van der Waals surface area contributed by atoms with Crippen LogP contribution in [0.1, 0.15) is 12.8 Å². The Bertz CT molecular complexity index is 132. The second-order valence-electron chi connectivity index (χ2n) is 2.81. The summed E-state index contributed by atoms with van der Waals surface area (Å²) in [5.74, 6) is 2.55. The number of halogens is 1. The Hall–Kier alpha value is 0.340. The number of thioether (sulfide) groups is 1. The minimum Gasteiger partial charge on any atom is -0.308 e. The molecule has 1 aliphatic heterocycles. The Labute approximate surface area is 77.6 Å². The van der Waals surface area contributed by atoms with Gasteiger partial charge in [0, 0.05) is 23.4 Å². The SMILES string of the molecule is C=C(Cl)CNC1CCCSC1. The third-order valence-electron chi connectivity index (χ3n) is 1.74. The van der Waals surface area contributed by atoms with Gasteiger partial charge in [0.25, 0.3) is 0 Å². The summed E-state index contributed by atoms with van der Waals surface area (Å²) in [6, 6.07) is 0.657. The maximum atomic E-state index is 5.63. The molecule has 1 N–H and O–H groups in total. The molecular formula is C8H14ClNS. The van der Waals surface area contributed by atoms with Crippen LogP contribution in [-0.4, -0.2) is 24.1 Å². The lowest BCUT2D eigenvalue weighted by Gasteiger charge is -2.22. The van der Waals surface area contributed by atoms with Crippen LogP contribution in [0.3, 0.4) is 0 Å². The fourth-order valence-electron chi connectivity index (χ4n) is 1.16. The van der Waals surface area contributed by atoms with Gasteiger partial charge >= 0.3 is 0 Å². The molecule has 1 atom stereocenters. The summed E-state index contributed by atoms with van der Waals surface area (Å²) in [4.78, 5) is 0. The molecule has 1 saturated heterocycles. The first-order valence-electron chi connectivity index (χ1n) is 3.93. The smallest absolute Gasteiger partial charge is 0.0310 e. The summed E-state index contributed by atoms with van der Waals surface area (Å²) in [6.07, 6.45) is 2.62. The van der Waals surface area contributed by atoms with E-state index in [1.807, 2.05) is 11.8 Å². The molecule has 0 amide bonds. The highest BCUT2D eigenvalue weighted by atomic mass is 35.5. The predicted molar refractivity (Wildman–Crippen MR) is 53.3 cm³/mol. The highest BCUT2D eigenvalue weighted by molar-refractivity contribution is 7.99. The average Bonchev–Trinajstić information content (AvgIpc) is 2.03. The average molecular weight is 192 g/mol. The van der Waals surface area contributed by atoms with E-state index in [1.165, 1.54) is 24.3 Å². The van der Waals surface area contributed by atoms with Crippen molar-refractivity contribution in [3.8, 4) is 0 Å². The van der Waals surface area contributed by atoms with Crippen LogP contribution in [0, 0.1) is 0 Å². The molecule has 1 nitrogen and oxygen atoms in total. The van der Waals surface area contributed by atoms with Crippen molar-refractivity contribution in [3.63, 3.8) is 0 Å². The minimum absolute atomic E-state index is 0.657. The lowest BCUT2D eigenvalue weighted by molar-refractivity contribution is 0.533. The van der Waals surface area contributed by atoms with E-state index in [0.29, 0.717) is 11.1 Å². The summed E-state index contributed by atoms with van der Waals surface area (Å²) < 4.78 is 0. The zero-order valence-corrected chi connectivity index (χ0v) is 8.18. The van der Waals surface area contributed by atoms with Gasteiger partial charge < -0.3 is 5.32 Å². The second-order valence-corrected chi connectivity index (χ2v) is 4.50. The standard InChI is InChI=1S/C8H14ClNS/c1-7(9)5-10-8-3-2-4-11-6-8/h8,10H,1-6H2. The summed E-state index contributed by atoms with van der Waals surface area (Å²) in [7, 11) is 0. The Morgan fingerprint density at radius 1 is 1.73 bits per heavy atom. The van der Waals surface area contributed by atoms with Gasteiger partial charge in [0.2, 0.25) is 0 Å². The molecule has 0 saturated carbocycles. The molecule has 1 fully saturated rings. The van der Waals surface area contributed by atoms with E-state index in [2.05, 4.69) is 11.9 Å². The van der Waals surface area contributed by atoms with E-state index in [0.717, 1.165) is 6.54 Å². The summed E-state index contributed by atoms with van der Waals surface area (Å²) in [5.41, 5.74) is 0. The molecule has 64 valence electrons. The number of hydrogen-bond donors (Lipinski definition) is 1. The topological polar surface area (TPSA) is 12.0 Å². The number of rotatable bonds is 3. The Kier molecular flexibility index (Phi) is 4.34. The summed E-state index contributed by atoms with van der Waals surface area (Å²) >= 11 is 7.65. The molecule has 0 spiro atoms. The minimum atomic E-state index is 0.657. The molecule has 1 aliphatic rings. The molecule has 0 radical (unpaired) electrons. The fraction of sp³-hybridized carbons (Fsp3) is 0.750. The normalized spacial score (nSPS) is 25.0. The van der Waals surface area contributed by atoms with Gasteiger partial charge in [-0.25, -0.2) is 0 Å². The van der Waals surface area contributed by atoms with Crippen molar-refractivity contribution in [1.29, 1.82) is 0 Å². The van der Waals surface area contributed by atoms with Gasteiger partial charge in [-0.1, -0.05) is 18.2 Å². The molecule has 11 heavy (non-hydrogen) atoms. The highest BCUT2D eigenvalue weighted by Crippen LogP contribution is 2.16. The van der Waals surface area contributed by atoms with Gasteiger partial charge in [0.05, 0.1) is 0 Å². The van der Waals surface area contributed by atoms with Gasteiger partial charge in [0.1, 0.15) is 0 Å². The molecular weight excluding hydrogens is 178 g/mol. The quantitative estimate of drug-likeness (QED) is 0.735. The number of nitrogens with one attached hydrogen (secondary N) is 1. The Morgan fingerprint density at radius 2 is 2.55 bits per heavy atom. The highest BCUT2D eigenvalue weighted by Gasteiger charge is 2.12.